The van der Waals surface area contributed by atoms with Crippen molar-refractivity contribution in [3.05, 3.63) is 0 Å². The highest BCUT2D eigenvalue weighted by atomic mass is 127. The summed E-state index contributed by atoms with van der Waals surface area (Å²) in [4.78, 5) is 0. The van der Waals surface area contributed by atoms with Gasteiger partial charge in [-0.2, -0.15) is 0 Å². The monoisotopic (exact) mass is 199 g/mol. The van der Waals surface area contributed by atoms with E-state index in [1.807, 2.05) is 0 Å². The first kappa shape index (κ1) is 6.69. The SMILES string of the molecule is CC[C@H](N)CI. The minimum Gasteiger partial charge on any atom is -0.327 e. The molecule has 2 N–H and O–H groups in total. The fourth-order valence-corrected chi connectivity index (χ4v) is 0.732. The minimum atomic E-state index is 0.422. The van der Waals surface area contributed by atoms with Crippen molar-refractivity contribution in [2.75, 3.05) is 4.43 Å². The second kappa shape index (κ2) is 3.87. The first-order valence-electron chi connectivity index (χ1n) is 2.12. The molecule has 38 valence electrons. The fraction of sp³-hybridized carbons (Fsp3) is 1.00. The Bertz CT molecular complexity index is 26.7. The number of rotatable bonds is 2. The van der Waals surface area contributed by atoms with Gasteiger partial charge in [-0.25, -0.2) is 0 Å². The van der Waals surface area contributed by atoms with Crippen molar-refractivity contribution in [3.8, 4) is 0 Å². The van der Waals surface area contributed by atoms with Crippen molar-refractivity contribution in [3.63, 3.8) is 0 Å². The maximum absolute atomic E-state index is 5.46. The summed E-state index contributed by atoms with van der Waals surface area (Å²) < 4.78 is 1.08. The zero-order valence-corrected chi connectivity index (χ0v) is 6.10. The average molecular weight is 199 g/mol. The highest BCUT2D eigenvalue weighted by Gasteiger charge is 1.90. The van der Waals surface area contributed by atoms with Gasteiger partial charge in [0.05, 0.1) is 0 Å². The largest absolute Gasteiger partial charge is 0.327 e. The van der Waals surface area contributed by atoms with Gasteiger partial charge in [0, 0.05) is 10.5 Å². The number of nitrogens with two attached hydrogens (primary N) is 1. The molecule has 0 rings (SSSR count). The van der Waals surface area contributed by atoms with Crippen LogP contribution in [0.2, 0.25) is 0 Å². The molecule has 0 saturated carbocycles. The minimum absolute atomic E-state index is 0.422. The van der Waals surface area contributed by atoms with E-state index >= 15 is 0 Å². The number of alkyl halides is 1. The summed E-state index contributed by atoms with van der Waals surface area (Å²) >= 11 is 2.29. The number of hydrogen-bond acceptors (Lipinski definition) is 1. The van der Waals surface area contributed by atoms with Gasteiger partial charge in [-0.15, -0.1) is 0 Å². The molecule has 0 aromatic heterocycles. The Morgan fingerprint density at radius 2 is 2.33 bits per heavy atom. The third kappa shape index (κ3) is 2.90. The van der Waals surface area contributed by atoms with Gasteiger partial charge in [-0.1, -0.05) is 29.5 Å². The van der Waals surface area contributed by atoms with Gasteiger partial charge < -0.3 is 5.73 Å². The third-order valence-corrected chi connectivity index (χ3v) is 1.85. The summed E-state index contributed by atoms with van der Waals surface area (Å²) in [5, 5.41) is 0. The van der Waals surface area contributed by atoms with E-state index in [0.29, 0.717) is 6.04 Å². The summed E-state index contributed by atoms with van der Waals surface area (Å²) in [6.45, 7) is 2.10. The second-order valence-corrected chi connectivity index (χ2v) is 2.20. The van der Waals surface area contributed by atoms with Crippen molar-refractivity contribution < 1.29 is 0 Å². The van der Waals surface area contributed by atoms with Crippen LogP contribution in [0.1, 0.15) is 13.3 Å². The van der Waals surface area contributed by atoms with E-state index in [1.165, 1.54) is 0 Å². The topological polar surface area (TPSA) is 26.0 Å². The molecule has 0 aliphatic heterocycles. The standard InChI is InChI=1S/C4H10IN/c1-2-4(6)3-5/h4H,2-3,6H2,1H3/t4-/m0/s1. The summed E-state index contributed by atoms with van der Waals surface area (Å²) in [6.07, 6.45) is 1.10. The Balaban J connectivity index is 2.75. The average Bonchev–Trinajstić information content (AvgIpc) is 1.65. The first-order chi connectivity index (χ1) is 2.81. The highest BCUT2D eigenvalue weighted by Crippen LogP contribution is 1.90. The molecule has 1 atom stereocenters. The molecule has 0 radical (unpaired) electrons. The Labute approximate surface area is 52.4 Å². The molecule has 0 aromatic rings. The molecule has 0 spiro atoms. The second-order valence-electron chi connectivity index (χ2n) is 1.32. The number of halogens is 1. The van der Waals surface area contributed by atoms with Crippen LogP contribution in [0.25, 0.3) is 0 Å². The molecule has 0 aromatic carbocycles. The molecule has 1 nitrogen and oxygen atoms in total. The van der Waals surface area contributed by atoms with E-state index in [0.717, 1.165) is 10.8 Å². The lowest BCUT2D eigenvalue weighted by molar-refractivity contribution is 0.734. The van der Waals surface area contributed by atoms with Crippen molar-refractivity contribution >= 4 is 22.6 Å². The fourth-order valence-electron chi connectivity index (χ4n) is 0.109. The molecule has 0 heterocycles. The summed E-state index contributed by atoms with van der Waals surface area (Å²) in [7, 11) is 0. The molecule has 0 fully saturated rings. The van der Waals surface area contributed by atoms with Crippen molar-refractivity contribution in [2.24, 2.45) is 5.73 Å². The van der Waals surface area contributed by atoms with Crippen molar-refractivity contribution in [1.82, 2.24) is 0 Å². The maximum atomic E-state index is 5.46. The Kier molecular flexibility index (Phi) is 4.31. The molecule has 2 heteroatoms. The van der Waals surface area contributed by atoms with Crippen molar-refractivity contribution in [1.29, 1.82) is 0 Å². The molecule has 0 unspecified atom stereocenters. The Morgan fingerprint density at radius 3 is 2.33 bits per heavy atom. The van der Waals surface area contributed by atoms with Crippen LogP contribution in [0.3, 0.4) is 0 Å². The highest BCUT2D eigenvalue weighted by molar-refractivity contribution is 14.1. The normalized spacial score (nSPS) is 14.5. The Morgan fingerprint density at radius 1 is 1.83 bits per heavy atom. The lowest BCUT2D eigenvalue weighted by Gasteiger charge is -1.98. The van der Waals surface area contributed by atoms with Gasteiger partial charge in [0.1, 0.15) is 0 Å². The molecular formula is C4H10IN. The van der Waals surface area contributed by atoms with Gasteiger partial charge >= 0.3 is 0 Å². The lowest BCUT2D eigenvalue weighted by Crippen LogP contribution is -2.19. The summed E-state index contributed by atoms with van der Waals surface area (Å²) in [6, 6.07) is 0.422. The van der Waals surface area contributed by atoms with Gasteiger partial charge in [0.2, 0.25) is 0 Å². The van der Waals surface area contributed by atoms with Gasteiger partial charge in [0.15, 0.2) is 0 Å². The quantitative estimate of drug-likeness (QED) is 0.524. The molecule has 0 aliphatic rings. The molecule has 0 amide bonds. The van der Waals surface area contributed by atoms with Crippen LogP contribution in [-0.2, 0) is 0 Å². The van der Waals surface area contributed by atoms with E-state index in [1.54, 1.807) is 0 Å². The van der Waals surface area contributed by atoms with Crippen molar-refractivity contribution in [2.45, 2.75) is 19.4 Å². The van der Waals surface area contributed by atoms with Gasteiger partial charge in [0.25, 0.3) is 0 Å². The smallest absolute Gasteiger partial charge is 0.0147 e. The van der Waals surface area contributed by atoms with Crippen LogP contribution in [0.15, 0.2) is 0 Å². The van der Waals surface area contributed by atoms with E-state index < -0.39 is 0 Å². The zero-order chi connectivity index (χ0) is 4.99. The van der Waals surface area contributed by atoms with Crippen LogP contribution >= 0.6 is 22.6 Å². The van der Waals surface area contributed by atoms with Crippen LogP contribution in [-0.4, -0.2) is 10.5 Å². The predicted molar refractivity (Wildman–Crippen MR) is 37.2 cm³/mol. The number of hydrogen-bond donors (Lipinski definition) is 1. The lowest BCUT2D eigenvalue weighted by atomic mass is 10.3. The molecule has 6 heavy (non-hydrogen) atoms. The Hall–Kier alpha value is 0.690. The first-order valence-corrected chi connectivity index (χ1v) is 3.65. The van der Waals surface area contributed by atoms with Gasteiger partial charge in [-0.3, -0.25) is 0 Å². The molecule has 0 saturated heterocycles. The molecule has 0 bridgehead atoms. The van der Waals surface area contributed by atoms with E-state index in [2.05, 4.69) is 29.5 Å². The van der Waals surface area contributed by atoms with E-state index in [9.17, 15) is 0 Å². The van der Waals surface area contributed by atoms with Crippen LogP contribution in [0.5, 0.6) is 0 Å². The predicted octanol–water partition coefficient (Wildman–Crippen LogP) is 1.16. The molecular weight excluding hydrogens is 189 g/mol. The maximum Gasteiger partial charge on any atom is 0.0147 e. The third-order valence-electron chi connectivity index (χ3n) is 0.723. The zero-order valence-electron chi connectivity index (χ0n) is 3.95. The van der Waals surface area contributed by atoms with Gasteiger partial charge in [-0.05, 0) is 6.42 Å². The van der Waals surface area contributed by atoms with E-state index in [-0.39, 0.29) is 0 Å². The van der Waals surface area contributed by atoms with E-state index in [4.69, 9.17) is 5.73 Å². The summed E-state index contributed by atoms with van der Waals surface area (Å²) in [5.74, 6) is 0. The molecule has 0 aliphatic carbocycles. The summed E-state index contributed by atoms with van der Waals surface area (Å²) in [5.41, 5.74) is 5.46. The van der Waals surface area contributed by atoms with Crippen LogP contribution in [0, 0.1) is 0 Å². The van der Waals surface area contributed by atoms with Crippen LogP contribution in [0.4, 0.5) is 0 Å². The van der Waals surface area contributed by atoms with Crippen LogP contribution < -0.4 is 5.73 Å².